The number of carbonyl (C=O) groups excluding carboxylic acids is 1. The lowest BCUT2D eigenvalue weighted by Gasteiger charge is -2.13. The zero-order valence-corrected chi connectivity index (χ0v) is 18.8. The van der Waals surface area contributed by atoms with Gasteiger partial charge in [-0.05, 0) is 42.5 Å². The molecule has 0 aliphatic carbocycles. The third-order valence-corrected chi connectivity index (χ3v) is 6.22. The lowest BCUT2D eigenvalue weighted by atomic mass is 10.1. The molecule has 0 aliphatic rings. The number of amides is 1. The number of sulfonamides is 1. The van der Waals surface area contributed by atoms with Crippen LogP contribution < -0.4 is 15.2 Å². The molecule has 5 N–H and O–H groups in total. The van der Waals surface area contributed by atoms with Gasteiger partial charge in [0.15, 0.2) is 0 Å². The molecule has 14 heteroatoms. The average Bonchev–Trinajstić information content (AvgIpc) is 2.71. The van der Waals surface area contributed by atoms with Gasteiger partial charge in [-0.3, -0.25) is 9.35 Å². The number of fused-ring (bicyclic) bond motifs is 1. The predicted molar refractivity (Wildman–Crippen MR) is 118 cm³/mol. The first-order valence-electron chi connectivity index (χ1n) is 8.99. The Kier molecular flexibility index (Phi) is 6.37. The van der Waals surface area contributed by atoms with Gasteiger partial charge in [0, 0.05) is 12.3 Å². The third kappa shape index (κ3) is 5.09. The van der Waals surface area contributed by atoms with Gasteiger partial charge < -0.3 is 15.2 Å². The normalized spacial score (nSPS) is 12.2. The molecule has 174 valence electrons. The zero-order chi connectivity index (χ0) is 24.6. The summed E-state index contributed by atoms with van der Waals surface area (Å²) in [4.78, 5) is 10.7. The smallest absolute Gasteiger partial charge is 0.295 e. The SMILES string of the molecule is COc1ccc(S(N)(=O)=O)cc1N=Nc1ccc(O)c2c(NC(C)=O)ccc(S(=O)(=O)O)c12. The molecule has 0 spiro atoms. The molecule has 3 aromatic carbocycles. The fourth-order valence-corrected chi connectivity index (χ4v) is 4.29. The summed E-state index contributed by atoms with van der Waals surface area (Å²) in [6, 6.07) is 8.26. The van der Waals surface area contributed by atoms with Gasteiger partial charge >= 0.3 is 0 Å². The summed E-state index contributed by atoms with van der Waals surface area (Å²) < 4.78 is 62.1. The Bertz CT molecular complexity index is 1520. The van der Waals surface area contributed by atoms with Crippen molar-refractivity contribution in [1.82, 2.24) is 0 Å². The van der Waals surface area contributed by atoms with Crippen molar-refractivity contribution in [2.24, 2.45) is 15.4 Å². The standard InChI is InChI=1S/C19H18N4O8S2/c1-10(24)21-12-5-8-17(33(28,29)30)19-13(4-6-15(25)18(12)19)22-23-14-9-11(32(20,26)27)3-7-16(14)31-2/h3-9,25H,1-2H3,(H,21,24)(H2,20,26,27)(H,28,29,30). The van der Waals surface area contributed by atoms with Crippen LogP contribution in [0, 0.1) is 0 Å². The number of benzene rings is 3. The van der Waals surface area contributed by atoms with Crippen LogP contribution in [0.4, 0.5) is 17.1 Å². The molecular formula is C19H18N4O8S2. The second-order valence-corrected chi connectivity index (χ2v) is 9.65. The number of primary sulfonamides is 1. The van der Waals surface area contributed by atoms with Gasteiger partial charge in [-0.25, -0.2) is 13.6 Å². The number of carbonyl (C=O) groups is 1. The molecule has 0 aliphatic heterocycles. The highest BCUT2D eigenvalue weighted by molar-refractivity contribution is 7.89. The molecule has 0 unspecified atom stereocenters. The Labute approximate surface area is 188 Å². The highest BCUT2D eigenvalue weighted by Gasteiger charge is 2.22. The third-order valence-electron chi connectivity index (χ3n) is 4.41. The second-order valence-electron chi connectivity index (χ2n) is 6.70. The summed E-state index contributed by atoms with van der Waals surface area (Å²) in [5.41, 5.74) is -0.101. The van der Waals surface area contributed by atoms with Gasteiger partial charge in [0.1, 0.15) is 22.1 Å². The molecule has 0 aromatic heterocycles. The Morgan fingerprint density at radius 3 is 2.24 bits per heavy atom. The molecule has 0 fully saturated rings. The summed E-state index contributed by atoms with van der Waals surface area (Å²) in [5.74, 6) is -0.748. The number of azo groups is 1. The molecular weight excluding hydrogens is 476 g/mol. The van der Waals surface area contributed by atoms with Crippen LogP contribution in [0.5, 0.6) is 11.5 Å². The first-order valence-corrected chi connectivity index (χ1v) is 12.0. The van der Waals surface area contributed by atoms with Gasteiger partial charge in [-0.1, -0.05) is 0 Å². The van der Waals surface area contributed by atoms with Gasteiger partial charge in [-0.15, -0.1) is 10.2 Å². The quantitative estimate of drug-likeness (QED) is 0.296. The van der Waals surface area contributed by atoms with Crippen molar-refractivity contribution in [3.63, 3.8) is 0 Å². The number of hydrogen-bond acceptors (Lipinski definition) is 9. The predicted octanol–water partition coefficient (Wildman–Crippen LogP) is 2.82. The largest absolute Gasteiger partial charge is 0.507 e. The van der Waals surface area contributed by atoms with E-state index in [1.807, 2.05) is 0 Å². The highest BCUT2D eigenvalue weighted by Crippen LogP contribution is 2.42. The maximum absolute atomic E-state index is 12.0. The maximum atomic E-state index is 12.0. The van der Waals surface area contributed by atoms with E-state index in [0.29, 0.717) is 0 Å². The molecule has 0 bridgehead atoms. The Hall–Kier alpha value is -3.59. The summed E-state index contributed by atoms with van der Waals surface area (Å²) in [7, 11) is -7.52. The number of rotatable bonds is 6. The number of nitrogens with two attached hydrogens (primary N) is 1. The number of nitrogens with one attached hydrogen (secondary N) is 1. The van der Waals surface area contributed by atoms with Crippen molar-refractivity contribution in [1.29, 1.82) is 0 Å². The van der Waals surface area contributed by atoms with E-state index in [4.69, 9.17) is 9.88 Å². The van der Waals surface area contributed by atoms with Crippen molar-refractivity contribution in [2.45, 2.75) is 16.7 Å². The first-order chi connectivity index (χ1) is 15.3. The Morgan fingerprint density at radius 1 is 1.00 bits per heavy atom. The van der Waals surface area contributed by atoms with Crippen molar-refractivity contribution in [3.8, 4) is 11.5 Å². The number of phenolic OH excluding ortho intramolecular Hbond substituents is 1. The van der Waals surface area contributed by atoms with Crippen LogP contribution in [0.1, 0.15) is 6.92 Å². The van der Waals surface area contributed by atoms with Crippen LogP contribution >= 0.6 is 0 Å². The maximum Gasteiger partial charge on any atom is 0.295 e. The van der Waals surface area contributed by atoms with E-state index in [1.54, 1.807) is 0 Å². The number of nitrogens with zero attached hydrogens (tertiary/aromatic N) is 2. The van der Waals surface area contributed by atoms with Crippen LogP contribution in [0.25, 0.3) is 10.8 Å². The minimum atomic E-state index is -4.78. The molecule has 0 saturated heterocycles. The topological polar surface area (TPSA) is 198 Å². The minimum absolute atomic E-state index is 0.0447. The van der Waals surface area contributed by atoms with Crippen molar-refractivity contribution in [3.05, 3.63) is 42.5 Å². The van der Waals surface area contributed by atoms with E-state index >= 15 is 0 Å². The van der Waals surface area contributed by atoms with E-state index in [2.05, 4.69) is 15.5 Å². The fraction of sp³-hybridized carbons (Fsp3) is 0.105. The van der Waals surface area contributed by atoms with Crippen molar-refractivity contribution in [2.75, 3.05) is 12.4 Å². The number of ether oxygens (including phenoxy) is 1. The van der Waals surface area contributed by atoms with E-state index in [-0.39, 0.29) is 38.5 Å². The van der Waals surface area contributed by atoms with Crippen LogP contribution in [-0.2, 0) is 24.9 Å². The molecule has 0 heterocycles. The summed E-state index contributed by atoms with van der Waals surface area (Å²) >= 11 is 0. The Morgan fingerprint density at radius 2 is 1.67 bits per heavy atom. The zero-order valence-electron chi connectivity index (χ0n) is 17.2. The molecule has 1 amide bonds. The molecule has 0 saturated carbocycles. The minimum Gasteiger partial charge on any atom is -0.507 e. The number of anilines is 1. The van der Waals surface area contributed by atoms with E-state index < -0.39 is 36.7 Å². The van der Waals surface area contributed by atoms with Gasteiger partial charge in [0.05, 0.1) is 28.8 Å². The van der Waals surface area contributed by atoms with Crippen LogP contribution in [0.2, 0.25) is 0 Å². The van der Waals surface area contributed by atoms with Crippen molar-refractivity contribution < 1.29 is 36.0 Å². The van der Waals surface area contributed by atoms with Gasteiger partial charge in [0.2, 0.25) is 15.9 Å². The van der Waals surface area contributed by atoms with E-state index in [1.165, 1.54) is 44.4 Å². The number of phenols is 1. The molecule has 3 rings (SSSR count). The molecule has 0 radical (unpaired) electrons. The summed E-state index contributed by atoms with van der Waals surface area (Å²) in [6.07, 6.45) is 0. The summed E-state index contributed by atoms with van der Waals surface area (Å²) in [5, 5.41) is 25.6. The fourth-order valence-electron chi connectivity index (χ4n) is 3.05. The molecule has 12 nitrogen and oxygen atoms in total. The second kappa shape index (κ2) is 8.74. The molecule has 3 aromatic rings. The number of methoxy groups -OCH3 is 1. The van der Waals surface area contributed by atoms with E-state index in [9.17, 15) is 31.3 Å². The number of hydrogen-bond donors (Lipinski definition) is 4. The van der Waals surface area contributed by atoms with Gasteiger partial charge in [-0.2, -0.15) is 8.42 Å². The average molecular weight is 495 g/mol. The van der Waals surface area contributed by atoms with Crippen LogP contribution in [-0.4, -0.2) is 39.5 Å². The number of aromatic hydroxyl groups is 1. The highest BCUT2D eigenvalue weighted by atomic mass is 32.2. The van der Waals surface area contributed by atoms with Crippen LogP contribution in [0.3, 0.4) is 0 Å². The first kappa shape index (κ1) is 24.1. The summed E-state index contributed by atoms with van der Waals surface area (Å²) in [6.45, 7) is 1.22. The molecule has 0 atom stereocenters. The molecule has 33 heavy (non-hydrogen) atoms. The lowest BCUT2D eigenvalue weighted by molar-refractivity contribution is -0.114. The van der Waals surface area contributed by atoms with Gasteiger partial charge in [0.25, 0.3) is 10.1 Å². The van der Waals surface area contributed by atoms with Crippen molar-refractivity contribution >= 4 is 53.9 Å². The lowest BCUT2D eigenvalue weighted by Crippen LogP contribution is -2.11. The van der Waals surface area contributed by atoms with E-state index in [0.717, 1.165) is 12.1 Å². The monoisotopic (exact) mass is 494 g/mol. The van der Waals surface area contributed by atoms with Crippen LogP contribution in [0.15, 0.2) is 62.5 Å². The Balaban J connectivity index is 2.32.